The Bertz CT molecular complexity index is 364. The Balaban J connectivity index is 2.29. The molecule has 94 valence electrons. The summed E-state index contributed by atoms with van der Waals surface area (Å²) in [6.07, 6.45) is 2.55. The third kappa shape index (κ3) is 2.58. The van der Waals surface area contributed by atoms with Crippen molar-refractivity contribution >= 4 is 11.6 Å². The molecule has 6 heteroatoms. The van der Waals surface area contributed by atoms with E-state index in [0.717, 1.165) is 38.5 Å². The molecule has 2 heterocycles. The molecule has 1 aromatic heterocycles. The summed E-state index contributed by atoms with van der Waals surface area (Å²) in [6.45, 7) is 3.29. The first-order chi connectivity index (χ1) is 8.36. The molecule has 0 amide bonds. The second-order valence-electron chi connectivity index (χ2n) is 3.78. The molecule has 17 heavy (non-hydrogen) atoms. The van der Waals surface area contributed by atoms with Gasteiger partial charge >= 0.3 is 0 Å². The van der Waals surface area contributed by atoms with Crippen LogP contribution < -0.4 is 15.0 Å². The van der Waals surface area contributed by atoms with Gasteiger partial charge in [0.2, 0.25) is 5.75 Å². The van der Waals surface area contributed by atoms with Gasteiger partial charge in [0.15, 0.2) is 11.6 Å². The molecule has 0 spiro atoms. The van der Waals surface area contributed by atoms with E-state index in [4.69, 9.17) is 9.47 Å². The van der Waals surface area contributed by atoms with Crippen molar-refractivity contribution < 1.29 is 9.47 Å². The fourth-order valence-electron chi connectivity index (χ4n) is 1.91. The Kier molecular flexibility index (Phi) is 3.98. The Morgan fingerprint density at radius 2 is 2.24 bits per heavy atom. The average molecular weight is 238 g/mol. The Hall–Kier alpha value is -1.56. The highest BCUT2D eigenvalue weighted by Gasteiger charge is 2.18. The van der Waals surface area contributed by atoms with E-state index in [9.17, 15) is 0 Å². The molecule has 0 radical (unpaired) electrons. The van der Waals surface area contributed by atoms with Crippen LogP contribution in [0.5, 0.6) is 5.75 Å². The fraction of sp³-hybridized carbons (Fsp3) is 0.636. The van der Waals surface area contributed by atoms with Crippen molar-refractivity contribution in [1.82, 2.24) is 9.97 Å². The van der Waals surface area contributed by atoms with Gasteiger partial charge in [-0.15, -0.1) is 0 Å². The number of nitrogens with one attached hydrogen (secondary N) is 1. The highest BCUT2D eigenvalue weighted by Crippen LogP contribution is 2.31. The molecular formula is C11H18N4O2. The van der Waals surface area contributed by atoms with Crippen LogP contribution in [-0.2, 0) is 4.74 Å². The number of nitrogens with zero attached hydrogens (tertiary/aromatic N) is 3. The smallest absolute Gasteiger partial charge is 0.204 e. The molecule has 0 aromatic carbocycles. The minimum Gasteiger partial charge on any atom is -0.490 e. The second-order valence-corrected chi connectivity index (χ2v) is 3.78. The van der Waals surface area contributed by atoms with Gasteiger partial charge < -0.3 is 19.7 Å². The zero-order valence-electron chi connectivity index (χ0n) is 10.3. The third-order valence-corrected chi connectivity index (χ3v) is 2.75. The van der Waals surface area contributed by atoms with E-state index in [2.05, 4.69) is 20.2 Å². The largest absolute Gasteiger partial charge is 0.490 e. The van der Waals surface area contributed by atoms with Crippen molar-refractivity contribution in [3.05, 3.63) is 6.33 Å². The molecular weight excluding hydrogens is 220 g/mol. The lowest BCUT2D eigenvalue weighted by molar-refractivity contribution is 0.152. The van der Waals surface area contributed by atoms with Gasteiger partial charge in [0.25, 0.3) is 0 Å². The number of hydrogen-bond acceptors (Lipinski definition) is 6. The van der Waals surface area contributed by atoms with Crippen LogP contribution in [0, 0.1) is 0 Å². The monoisotopic (exact) mass is 238 g/mol. The van der Waals surface area contributed by atoms with Gasteiger partial charge in [0, 0.05) is 26.7 Å². The normalized spacial score (nSPS) is 16.5. The van der Waals surface area contributed by atoms with E-state index >= 15 is 0 Å². The third-order valence-electron chi connectivity index (χ3n) is 2.75. The highest BCUT2D eigenvalue weighted by molar-refractivity contribution is 5.64. The summed E-state index contributed by atoms with van der Waals surface area (Å²) in [7, 11) is 3.46. The molecule has 1 saturated heterocycles. The molecule has 0 aliphatic carbocycles. The van der Waals surface area contributed by atoms with E-state index in [1.807, 2.05) is 7.05 Å². The Morgan fingerprint density at radius 1 is 1.35 bits per heavy atom. The quantitative estimate of drug-likeness (QED) is 0.838. The maximum absolute atomic E-state index is 5.43. The van der Waals surface area contributed by atoms with E-state index in [1.54, 1.807) is 13.4 Å². The van der Waals surface area contributed by atoms with Crippen molar-refractivity contribution in [3.8, 4) is 5.75 Å². The summed E-state index contributed by atoms with van der Waals surface area (Å²) in [5, 5.41) is 3.01. The maximum atomic E-state index is 5.43. The van der Waals surface area contributed by atoms with Gasteiger partial charge in [-0.1, -0.05) is 0 Å². The highest BCUT2D eigenvalue weighted by atomic mass is 16.5. The minimum absolute atomic E-state index is 0.692. The molecule has 0 atom stereocenters. The first-order valence-electron chi connectivity index (χ1n) is 5.76. The van der Waals surface area contributed by atoms with E-state index in [0.29, 0.717) is 11.6 Å². The summed E-state index contributed by atoms with van der Waals surface area (Å²) >= 11 is 0. The Labute approximate surface area is 101 Å². The van der Waals surface area contributed by atoms with Crippen LogP contribution in [0.2, 0.25) is 0 Å². The van der Waals surface area contributed by atoms with Crippen LogP contribution in [0.15, 0.2) is 6.33 Å². The first kappa shape index (κ1) is 11.9. The molecule has 0 saturated carbocycles. The van der Waals surface area contributed by atoms with Gasteiger partial charge in [-0.2, -0.15) is 0 Å². The SMILES string of the molecule is CNc1ncnc(N2CCCOCC2)c1OC. The number of ether oxygens (including phenoxy) is 2. The lowest BCUT2D eigenvalue weighted by atomic mass is 10.3. The van der Waals surface area contributed by atoms with Crippen LogP contribution in [-0.4, -0.2) is 50.4 Å². The van der Waals surface area contributed by atoms with Crippen LogP contribution in [0.1, 0.15) is 6.42 Å². The first-order valence-corrected chi connectivity index (χ1v) is 5.76. The molecule has 1 N–H and O–H groups in total. The van der Waals surface area contributed by atoms with E-state index in [-0.39, 0.29) is 0 Å². The molecule has 1 aliphatic heterocycles. The summed E-state index contributed by atoms with van der Waals surface area (Å²) in [5.74, 6) is 2.23. The van der Waals surface area contributed by atoms with Gasteiger partial charge in [-0.25, -0.2) is 9.97 Å². The van der Waals surface area contributed by atoms with Gasteiger partial charge in [-0.05, 0) is 6.42 Å². The molecule has 0 bridgehead atoms. The van der Waals surface area contributed by atoms with Gasteiger partial charge in [-0.3, -0.25) is 0 Å². The van der Waals surface area contributed by atoms with Crippen molar-refractivity contribution in [3.63, 3.8) is 0 Å². The maximum Gasteiger partial charge on any atom is 0.204 e. The summed E-state index contributed by atoms with van der Waals surface area (Å²) in [5.41, 5.74) is 0. The predicted octanol–water partition coefficient (Wildman–Crippen LogP) is 0.754. The summed E-state index contributed by atoms with van der Waals surface area (Å²) in [6, 6.07) is 0. The average Bonchev–Trinajstić information content (AvgIpc) is 2.66. The lowest BCUT2D eigenvalue weighted by Crippen LogP contribution is -2.27. The minimum atomic E-state index is 0.692. The molecule has 1 aromatic rings. The molecule has 6 nitrogen and oxygen atoms in total. The zero-order chi connectivity index (χ0) is 12.1. The topological polar surface area (TPSA) is 59.5 Å². The fourth-order valence-corrected chi connectivity index (χ4v) is 1.91. The number of anilines is 2. The van der Waals surface area contributed by atoms with Crippen molar-refractivity contribution in [2.45, 2.75) is 6.42 Å². The molecule has 1 fully saturated rings. The number of methoxy groups -OCH3 is 1. The van der Waals surface area contributed by atoms with E-state index in [1.165, 1.54) is 0 Å². The molecule has 0 unspecified atom stereocenters. The van der Waals surface area contributed by atoms with Crippen molar-refractivity contribution in [2.24, 2.45) is 0 Å². The zero-order valence-corrected chi connectivity index (χ0v) is 10.3. The van der Waals surface area contributed by atoms with Crippen LogP contribution >= 0.6 is 0 Å². The lowest BCUT2D eigenvalue weighted by Gasteiger charge is -2.23. The molecule has 1 aliphatic rings. The number of hydrogen-bond donors (Lipinski definition) is 1. The van der Waals surface area contributed by atoms with Crippen LogP contribution in [0.3, 0.4) is 0 Å². The van der Waals surface area contributed by atoms with E-state index < -0.39 is 0 Å². The van der Waals surface area contributed by atoms with Gasteiger partial charge in [0.05, 0.1) is 13.7 Å². The summed E-state index contributed by atoms with van der Waals surface area (Å²) < 4.78 is 10.8. The van der Waals surface area contributed by atoms with Crippen LogP contribution in [0.4, 0.5) is 11.6 Å². The second kappa shape index (κ2) is 5.67. The Morgan fingerprint density at radius 3 is 3.00 bits per heavy atom. The van der Waals surface area contributed by atoms with Gasteiger partial charge in [0.1, 0.15) is 6.33 Å². The van der Waals surface area contributed by atoms with Crippen molar-refractivity contribution in [1.29, 1.82) is 0 Å². The number of rotatable bonds is 3. The summed E-state index contributed by atoms with van der Waals surface area (Å²) in [4.78, 5) is 10.6. The number of aromatic nitrogens is 2. The predicted molar refractivity (Wildman–Crippen MR) is 65.8 cm³/mol. The van der Waals surface area contributed by atoms with Crippen LogP contribution in [0.25, 0.3) is 0 Å². The van der Waals surface area contributed by atoms with Crippen molar-refractivity contribution in [2.75, 3.05) is 50.7 Å². The molecule has 2 rings (SSSR count). The standard InChI is InChI=1S/C11H18N4O2/c1-12-10-9(16-2)11(14-8-13-10)15-4-3-6-17-7-5-15/h8H,3-7H2,1-2H3,(H,12,13,14).